The second-order valence-electron chi connectivity index (χ2n) is 5.06. The summed E-state index contributed by atoms with van der Waals surface area (Å²) in [6, 6.07) is -0.127. The second-order valence-corrected chi connectivity index (χ2v) is 5.06. The summed E-state index contributed by atoms with van der Waals surface area (Å²) in [5.74, 6) is -0.530. The third-order valence-electron chi connectivity index (χ3n) is 4.09. The minimum atomic E-state index is -0.748. The van der Waals surface area contributed by atoms with Crippen LogP contribution in [0.2, 0.25) is 0 Å². The molecule has 0 heterocycles. The van der Waals surface area contributed by atoms with Gasteiger partial charge in [0.2, 0.25) is 5.91 Å². The molecule has 0 saturated heterocycles. The van der Waals surface area contributed by atoms with Gasteiger partial charge in [0, 0.05) is 13.0 Å². The number of carboxylic acids is 1. The lowest BCUT2D eigenvalue weighted by molar-refractivity contribution is -0.156. The van der Waals surface area contributed by atoms with Gasteiger partial charge in [-0.2, -0.15) is 0 Å². The molecule has 2 N–H and O–H groups in total. The summed E-state index contributed by atoms with van der Waals surface area (Å²) in [6.07, 6.45) is 5.59. The maximum absolute atomic E-state index is 11.2. The molecule has 4 atom stereocenters. The van der Waals surface area contributed by atoms with Crippen molar-refractivity contribution >= 4 is 11.9 Å². The predicted molar refractivity (Wildman–Crippen MR) is 58.8 cm³/mol. The lowest BCUT2D eigenvalue weighted by Gasteiger charge is -2.49. The summed E-state index contributed by atoms with van der Waals surface area (Å²) >= 11 is 0. The number of hydrogen-bond donors (Lipinski definition) is 2. The van der Waals surface area contributed by atoms with Crippen molar-refractivity contribution in [3.63, 3.8) is 0 Å². The fourth-order valence-corrected chi connectivity index (χ4v) is 3.41. The van der Waals surface area contributed by atoms with Crippen molar-refractivity contribution in [3.8, 4) is 0 Å². The van der Waals surface area contributed by atoms with Crippen molar-refractivity contribution in [2.24, 2.45) is 17.8 Å². The molecule has 90 valence electrons. The first-order valence-corrected chi connectivity index (χ1v) is 6.11. The standard InChI is InChI=1S/C12H19NO3/c1-7(14)13-11-9-6-4-2-3-5-8(9)10(11)12(15)16/h8-11H,2-6H2,1H3,(H,13,14)(H,15,16)/t8-,9+,10-,11-/m0/s1. The third kappa shape index (κ3) is 1.93. The topological polar surface area (TPSA) is 66.4 Å². The molecule has 4 nitrogen and oxygen atoms in total. The van der Waals surface area contributed by atoms with Crippen molar-refractivity contribution in [2.45, 2.75) is 45.1 Å². The Hall–Kier alpha value is -1.06. The smallest absolute Gasteiger partial charge is 0.308 e. The van der Waals surface area contributed by atoms with Gasteiger partial charge >= 0.3 is 5.97 Å². The van der Waals surface area contributed by atoms with Gasteiger partial charge in [-0.15, -0.1) is 0 Å². The molecule has 0 aliphatic heterocycles. The zero-order valence-corrected chi connectivity index (χ0v) is 9.61. The van der Waals surface area contributed by atoms with Crippen LogP contribution in [-0.4, -0.2) is 23.0 Å². The average Bonchev–Trinajstić information content (AvgIpc) is 2.36. The highest BCUT2D eigenvalue weighted by Crippen LogP contribution is 2.48. The van der Waals surface area contributed by atoms with Gasteiger partial charge in [-0.25, -0.2) is 0 Å². The summed E-state index contributed by atoms with van der Waals surface area (Å²) in [4.78, 5) is 22.3. The van der Waals surface area contributed by atoms with E-state index in [4.69, 9.17) is 0 Å². The number of fused-ring (bicyclic) bond motifs is 1. The van der Waals surface area contributed by atoms with E-state index in [2.05, 4.69) is 5.32 Å². The summed E-state index contributed by atoms with van der Waals surface area (Å²) in [5.41, 5.74) is 0. The van der Waals surface area contributed by atoms with Crippen LogP contribution in [0.3, 0.4) is 0 Å². The van der Waals surface area contributed by atoms with E-state index in [0.29, 0.717) is 5.92 Å². The van der Waals surface area contributed by atoms with Gasteiger partial charge in [0.1, 0.15) is 0 Å². The molecular weight excluding hydrogens is 206 g/mol. The summed E-state index contributed by atoms with van der Waals surface area (Å²) in [5, 5.41) is 12.0. The molecule has 16 heavy (non-hydrogen) atoms. The van der Waals surface area contributed by atoms with Gasteiger partial charge in [0.05, 0.1) is 5.92 Å². The lowest BCUT2D eigenvalue weighted by Crippen LogP contribution is -2.61. The minimum absolute atomic E-state index is 0.112. The Morgan fingerprint density at radius 1 is 1.12 bits per heavy atom. The molecule has 0 aromatic rings. The number of nitrogens with one attached hydrogen (secondary N) is 1. The van der Waals surface area contributed by atoms with Gasteiger partial charge in [-0.1, -0.05) is 19.3 Å². The van der Waals surface area contributed by atoms with Crippen LogP contribution in [-0.2, 0) is 9.59 Å². The molecule has 4 heteroatoms. The van der Waals surface area contributed by atoms with Crippen LogP contribution in [0.4, 0.5) is 0 Å². The predicted octanol–water partition coefficient (Wildman–Crippen LogP) is 1.40. The minimum Gasteiger partial charge on any atom is -0.481 e. The number of rotatable bonds is 2. The number of carbonyl (C=O) groups excluding carboxylic acids is 1. The molecule has 0 spiro atoms. The summed E-state index contributed by atoms with van der Waals surface area (Å²) in [7, 11) is 0. The van der Waals surface area contributed by atoms with E-state index in [1.165, 1.54) is 19.8 Å². The van der Waals surface area contributed by atoms with E-state index >= 15 is 0 Å². The highest BCUT2D eigenvalue weighted by atomic mass is 16.4. The Morgan fingerprint density at radius 2 is 1.75 bits per heavy atom. The van der Waals surface area contributed by atoms with Gasteiger partial charge in [-0.05, 0) is 24.7 Å². The van der Waals surface area contributed by atoms with Crippen LogP contribution in [0.15, 0.2) is 0 Å². The molecule has 2 aliphatic carbocycles. The van der Waals surface area contributed by atoms with Crippen molar-refractivity contribution in [3.05, 3.63) is 0 Å². The quantitative estimate of drug-likeness (QED) is 0.746. The van der Waals surface area contributed by atoms with Crippen molar-refractivity contribution in [1.82, 2.24) is 5.32 Å². The van der Waals surface area contributed by atoms with Crippen LogP contribution in [0.1, 0.15) is 39.0 Å². The van der Waals surface area contributed by atoms with E-state index in [-0.39, 0.29) is 23.8 Å². The molecule has 0 bridgehead atoms. The number of amides is 1. The SMILES string of the molecule is CC(=O)N[C@H]1[C@@H]2CCCCC[C@@H]2[C@@H]1C(=O)O. The van der Waals surface area contributed by atoms with E-state index in [0.717, 1.165) is 19.3 Å². The van der Waals surface area contributed by atoms with Crippen LogP contribution in [0, 0.1) is 17.8 Å². The Labute approximate surface area is 95.4 Å². The van der Waals surface area contributed by atoms with Gasteiger partial charge in [0.25, 0.3) is 0 Å². The molecule has 2 rings (SSSR count). The number of hydrogen-bond acceptors (Lipinski definition) is 2. The van der Waals surface area contributed by atoms with E-state index in [9.17, 15) is 14.7 Å². The van der Waals surface area contributed by atoms with Crippen molar-refractivity contribution < 1.29 is 14.7 Å². The van der Waals surface area contributed by atoms with Gasteiger partial charge < -0.3 is 10.4 Å². The van der Waals surface area contributed by atoms with Crippen molar-refractivity contribution in [1.29, 1.82) is 0 Å². The first-order valence-electron chi connectivity index (χ1n) is 6.11. The zero-order chi connectivity index (χ0) is 11.7. The number of carbonyl (C=O) groups is 2. The molecule has 2 saturated carbocycles. The van der Waals surface area contributed by atoms with Gasteiger partial charge in [-0.3, -0.25) is 9.59 Å². The second kappa shape index (κ2) is 4.44. The summed E-state index contributed by atoms with van der Waals surface area (Å²) in [6.45, 7) is 1.46. The average molecular weight is 225 g/mol. The maximum Gasteiger partial charge on any atom is 0.308 e. The highest BCUT2D eigenvalue weighted by Gasteiger charge is 2.53. The van der Waals surface area contributed by atoms with Crippen LogP contribution >= 0.6 is 0 Å². The molecular formula is C12H19NO3. The fourth-order valence-electron chi connectivity index (χ4n) is 3.41. The largest absolute Gasteiger partial charge is 0.481 e. The Kier molecular flexibility index (Phi) is 3.17. The Bertz CT molecular complexity index is 303. The molecule has 0 radical (unpaired) electrons. The van der Waals surface area contributed by atoms with Crippen LogP contribution in [0.25, 0.3) is 0 Å². The van der Waals surface area contributed by atoms with E-state index in [1.54, 1.807) is 0 Å². The molecule has 0 aromatic heterocycles. The number of aliphatic carboxylic acids is 1. The normalized spacial score (nSPS) is 37.8. The maximum atomic E-state index is 11.2. The molecule has 0 unspecified atom stereocenters. The molecule has 2 fully saturated rings. The lowest BCUT2D eigenvalue weighted by atomic mass is 9.58. The zero-order valence-electron chi connectivity index (χ0n) is 9.61. The Balaban J connectivity index is 2.09. The van der Waals surface area contributed by atoms with Crippen LogP contribution < -0.4 is 5.32 Å². The highest BCUT2D eigenvalue weighted by molar-refractivity contribution is 5.77. The monoisotopic (exact) mass is 225 g/mol. The summed E-state index contributed by atoms with van der Waals surface area (Å²) < 4.78 is 0. The molecule has 0 aromatic carbocycles. The first-order chi connectivity index (χ1) is 7.61. The number of carboxylic acid groups (broad SMARTS) is 1. The molecule has 1 amide bonds. The first kappa shape index (κ1) is 11.4. The van der Waals surface area contributed by atoms with E-state index < -0.39 is 5.97 Å². The van der Waals surface area contributed by atoms with Gasteiger partial charge in [0.15, 0.2) is 0 Å². The Morgan fingerprint density at radius 3 is 2.31 bits per heavy atom. The third-order valence-corrected chi connectivity index (χ3v) is 4.09. The van der Waals surface area contributed by atoms with Crippen molar-refractivity contribution in [2.75, 3.05) is 0 Å². The van der Waals surface area contributed by atoms with Crippen LogP contribution in [0.5, 0.6) is 0 Å². The molecule has 2 aliphatic rings. The fraction of sp³-hybridized carbons (Fsp3) is 0.833. The van der Waals surface area contributed by atoms with E-state index in [1.807, 2.05) is 0 Å².